The van der Waals surface area contributed by atoms with E-state index < -0.39 is 0 Å². The van der Waals surface area contributed by atoms with Crippen LogP contribution in [0.2, 0.25) is 0 Å². The first-order valence-corrected chi connectivity index (χ1v) is 9.95. The fourth-order valence-corrected chi connectivity index (χ4v) is 4.66. The fourth-order valence-electron chi connectivity index (χ4n) is 3.94. The summed E-state index contributed by atoms with van der Waals surface area (Å²) in [6, 6.07) is 7.87. The minimum atomic E-state index is -0.0703. The lowest BCUT2D eigenvalue weighted by Gasteiger charge is -2.32. The van der Waals surface area contributed by atoms with E-state index in [-0.39, 0.29) is 17.6 Å². The molecular formula is C19H19N5O2S. The Kier molecular flexibility index (Phi) is 3.86. The Hall–Kier alpha value is -2.87. The molecule has 8 heteroatoms. The van der Waals surface area contributed by atoms with Gasteiger partial charge >= 0.3 is 5.69 Å². The molecule has 0 unspecified atom stereocenters. The van der Waals surface area contributed by atoms with Crippen LogP contribution in [-0.4, -0.2) is 42.8 Å². The van der Waals surface area contributed by atoms with Gasteiger partial charge in [0.1, 0.15) is 0 Å². The van der Waals surface area contributed by atoms with Crippen molar-refractivity contribution in [1.29, 1.82) is 0 Å². The molecule has 138 valence electrons. The summed E-state index contributed by atoms with van der Waals surface area (Å²) in [6.45, 7) is 1.33. The second kappa shape index (κ2) is 6.38. The predicted molar refractivity (Wildman–Crippen MR) is 104 cm³/mol. The molecule has 1 fully saturated rings. The second-order valence-electron chi connectivity index (χ2n) is 6.93. The highest BCUT2D eigenvalue weighted by atomic mass is 32.1. The smallest absolute Gasteiger partial charge is 0.326 e. The van der Waals surface area contributed by atoms with E-state index in [4.69, 9.17) is 0 Å². The minimum absolute atomic E-state index is 0.0703. The molecule has 0 radical (unpaired) electrons. The summed E-state index contributed by atoms with van der Waals surface area (Å²) in [5.41, 5.74) is 2.53. The van der Waals surface area contributed by atoms with Gasteiger partial charge in [0, 0.05) is 36.9 Å². The molecule has 5 rings (SSSR count). The number of aromatic nitrogens is 4. The van der Waals surface area contributed by atoms with Crippen molar-refractivity contribution in [3.63, 3.8) is 0 Å². The Morgan fingerprint density at radius 3 is 2.89 bits per heavy atom. The van der Waals surface area contributed by atoms with Gasteiger partial charge in [-0.1, -0.05) is 12.1 Å². The average molecular weight is 381 g/mol. The van der Waals surface area contributed by atoms with E-state index >= 15 is 0 Å². The Balaban J connectivity index is 1.28. The number of nitrogens with one attached hydrogen (secondary N) is 1. The zero-order valence-corrected chi connectivity index (χ0v) is 15.5. The molecule has 1 aliphatic heterocycles. The summed E-state index contributed by atoms with van der Waals surface area (Å²) >= 11 is 1.56. The number of amides is 1. The number of likely N-dealkylation sites (tertiary alicyclic amines) is 1. The van der Waals surface area contributed by atoms with Crippen molar-refractivity contribution in [3.8, 4) is 0 Å². The Morgan fingerprint density at radius 1 is 1.26 bits per heavy atom. The van der Waals surface area contributed by atoms with Crippen LogP contribution in [0, 0.1) is 0 Å². The number of fused-ring (bicyclic) bond motifs is 2. The second-order valence-corrected chi connectivity index (χ2v) is 7.80. The van der Waals surface area contributed by atoms with Crippen molar-refractivity contribution in [1.82, 2.24) is 23.8 Å². The number of hydrogen-bond donors (Lipinski definition) is 1. The molecule has 0 saturated carbocycles. The molecule has 1 saturated heterocycles. The molecule has 4 heterocycles. The highest BCUT2D eigenvalue weighted by Gasteiger charge is 2.26. The van der Waals surface area contributed by atoms with E-state index in [2.05, 4.69) is 9.97 Å². The van der Waals surface area contributed by atoms with Gasteiger partial charge in [0.15, 0.2) is 4.96 Å². The maximum atomic E-state index is 12.6. The van der Waals surface area contributed by atoms with Gasteiger partial charge in [-0.25, -0.2) is 9.78 Å². The van der Waals surface area contributed by atoms with Crippen molar-refractivity contribution < 1.29 is 4.79 Å². The maximum Gasteiger partial charge on any atom is 0.326 e. The number of imidazole rings is 2. The topological polar surface area (TPSA) is 75.4 Å². The van der Waals surface area contributed by atoms with Crippen molar-refractivity contribution in [2.45, 2.75) is 25.3 Å². The van der Waals surface area contributed by atoms with Gasteiger partial charge in [0.2, 0.25) is 5.91 Å². The number of thiazole rings is 1. The molecule has 27 heavy (non-hydrogen) atoms. The number of hydrogen-bond acceptors (Lipinski definition) is 4. The summed E-state index contributed by atoms with van der Waals surface area (Å²) in [4.78, 5) is 35.2. The molecule has 1 N–H and O–H groups in total. The summed E-state index contributed by atoms with van der Waals surface area (Å²) in [5.74, 6) is 0.102. The molecule has 3 aromatic heterocycles. The van der Waals surface area contributed by atoms with Crippen LogP contribution in [0.4, 0.5) is 0 Å². The quantitative estimate of drug-likeness (QED) is 0.592. The van der Waals surface area contributed by atoms with E-state index in [0.717, 1.165) is 34.5 Å². The van der Waals surface area contributed by atoms with Crippen LogP contribution in [0.1, 0.15) is 24.6 Å². The van der Waals surface area contributed by atoms with E-state index in [0.29, 0.717) is 19.5 Å². The molecule has 1 aromatic carbocycles. The molecule has 4 aromatic rings. The van der Waals surface area contributed by atoms with Crippen LogP contribution >= 0.6 is 11.3 Å². The van der Waals surface area contributed by atoms with Gasteiger partial charge in [-0.15, -0.1) is 11.3 Å². The minimum Gasteiger partial charge on any atom is -0.342 e. The van der Waals surface area contributed by atoms with Crippen LogP contribution in [-0.2, 0) is 11.2 Å². The highest BCUT2D eigenvalue weighted by Crippen LogP contribution is 2.25. The van der Waals surface area contributed by atoms with Gasteiger partial charge in [-0.3, -0.25) is 13.8 Å². The lowest BCUT2D eigenvalue weighted by atomic mass is 10.0. The number of carbonyl (C=O) groups excluding carboxylic acids is 1. The average Bonchev–Trinajstić information content (AvgIpc) is 3.34. The number of para-hydroxylation sites is 2. The normalized spacial score (nSPS) is 15.8. The van der Waals surface area contributed by atoms with E-state index in [1.165, 1.54) is 0 Å². The number of nitrogens with zero attached hydrogens (tertiary/aromatic N) is 4. The maximum absolute atomic E-state index is 12.6. The molecule has 1 amide bonds. The zero-order valence-electron chi connectivity index (χ0n) is 14.7. The van der Waals surface area contributed by atoms with Gasteiger partial charge in [-0.05, 0) is 25.0 Å². The number of rotatable bonds is 3. The molecule has 0 bridgehead atoms. The van der Waals surface area contributed by atoms with Crippen LogP contribution in [0.25, 0.3) is 16.0 Å². The summed E-state index contributed by atoms with van der Waals surface area (Å²) in [6.07, 6.45) is 5.76. The number of benzene rings is 1. The first kappa shape index (κ1) is 16.3. The standard InChI is InChI=1S/C19H19N5O2S/c25-17(11-13-12-23-9-10-27-19(23)20-13)22-7-5-14(6-8-22)24-16-4-2-1-3-15(16)21-18(24)26/h1-4,9-10,12,14H,5-8,11H2,(H,21,26). The molecule has 0 aliphatic carbocycles. The van der Waals surface area contributed by atoms with Gasteiger partial charge in [-0.2, -0.15) is 0 Å². The van der Waals surface area contributed by atoms with Gasteiger partial charge in [0.25, 0.3) is 0 Å². The fraction of sp³-hybridized carbons (Fsp3) is 0.316. The van der Waals surface area contributed by atoms with Crippen molar-refractivity contribution in [3.05, 3.63) is 58.2 Å². The van der Waals surface area contributed by atoms with Crippen LogP contribution < -0.4 is 5.69 Å². The summed E-state index contributed by atoms with van der Waals surface area (Å²) < 4.78 is 3.80. The Labute approximate surface area is 158 Å². The third-order valence-electron chi connectivity index (χ3n) is 5.28. The van der Waals surface area contributed by atoms with E-state index in [1.54, 1.807) is 11.3 Å². The zero-order chi connectivity index (χ0) is 18.4. The van der Waals surface area contributed by atoms with Crippen LogP contribution in [0.5, 0.6) is 0 Å². The van der Waals surface area contributed by atoms with Gasteiger partial charge in [0.05, 0.1) is 23.1 Å². The van der Waals surface area contributed by atoms with Crippen LogP contribution in [0.3, 0.4) is 0 Å². The Bertz CT molecular complexity index is 1150. The summed E-state index contributed by atoms with van der Waals surface area (Å²) in [7, 11) is 0. The third-order valence-corrected chi connectivity index (χ3v) is 6.05. The number of piperidine rings is 1. The number of H-pyrrole nitrogens is 1. The largest absolute Gasteiger partial charge is 0.342 e. The van der Waals surface area contributed by atoms with Crippen molar-refractivity contribution in [2.75, 3.05) is 13.1 Å². The number of aromatic amines is 1. The highest BCUT2D eigenvalue weighted by molar-refractivity contribution is 7.15. The van der Waals surface area contributed by atoms with E-state index in [1.807, 2.05) is 55.9 Å². The molecule has 0 spiro atoms. The first-order valence-electron chi connectivity index (χ1n) is 9.07. The van der Waals surface area contributed by atoms with Crippen LogP contribution in [0.15, 0.2) is 46.8 Å². The molecular weight excluding hydrogens is 362 g/mol. The predicted octanol–water partition coefficient (Wildman–Crippen LogP) is 2.45. The lowest BCUT2D eigenvalue weighted by molar-refractivity contribution is -0.131. The number of carbonyl (C=O) groups is 1. The third kappa shape index (κ3) is 2.86. The lowest BCUT2D eigenvalue weighted by Crippen LogP contribution is -2.41. The molecule has 0 atom stereocenters. The molecule has 7 nitrogen and oxygen atoms in total. The molecule has 1 aliphatic rings. The SMILES string of the molecule is O=C(Cc1cn2ccsc2n1)N1CCC(n2c(=O)[nH]c3ccccc32)CC1. The summed E-state index contributed by atoms with van der Waals surface area (Å²) in [5, 5.41) is 1.98. The first-order chi connectivity index (χ1) is 13.2. The van der Waals surface area contributed by atoms with E-state index in [9.17, 15) is 9.59 Å². The Morgan fingerprint density at radius 2 is 2.07 bits per heavy atom. The van der Waals surface area contributed by atoms with Gasteiger partial charge < -0.3 is 9.88 Å². The van der Waals surface area contributed by atoms with Crippen molar-refractivity contribution >= 4 is 33.2 Å². The van der Waals surface area contributed by atoms with Crippen molar-refractivity contribution in [2.24, 2.45) is 0 Å². The monoisotopic (exact) mass is 381 g/mol.